The molecule has 1 aromatic heterocycles. The molecule has 0 saturated heterocycles. The molecule has 1 rings (SSSR count). The Kier molecular flexibility index (Phi) is 13.6. The van der Waals surface area contributed by atoms with E-state index in [4.69, 9.17) is 17.2 Å². The third-order valence-electron chi connectivity index (χ3n) is 6.27. The summed E-state index contributed by atoms with van der Waals surface area (Å²) in [4.78, 5) is 60.8. The highest BCUT2D eigenvalue weighted by atomic mass is 16.2. The van der Waals surface area contributed by atoms with Crippen LogP contribution < -0.4 is 33.2 Å². The van der Waals surface area contributed by atoms with Crippen LogP contribution in [0.5, 0.6) is 0 Å². The highest BCUT2D eigenvalue weighted by Gasteiger charge is 2.31. The van der Waals surface area contributed by atoms with Crippen molar-refractivity contribution in [3.8, 4) is 0 Å². The molecule has 1 aromatic rings. The van der Waals surface area contributed by atoms with Crippen LogP contribution >= 0.6 is 0 Å². The van der Waals surface area contributed by atoms with Crippen molar-refractivity contribution in [2.75, 3.05) is 20.1 Å². The van der Waals surface area contributed by atoms with Crippen molar-refractivity contribution in [1.29, 1.82) is 0 Å². The van der Waals surface area contributed by atoms with Crippen LogP contribution in [0.25, 0.3) is 5.32 Å². The van der Waals surface area contributed by atoms with Crippen LogP contribution in [-0.2, 0) is 25.6 Å². The molecule has 0 saturated carbocycles. The van der Waals surface area contributed by atoms with E-state index >= 15 is 0 Å². The van der Waals surface area contributed by atoms with Crippen LogP contribution in [-0.4, -0.2) is 82.7 Å². The highest BCUT2D eigenvalue weighted by Crippen LogP contribution is 2.14. The molecule has 0 fully saturated rings. The summed E-state index contributed by atoms with van der Waals surface area (Å²) in [5.41, 5.74) is 14.8. The lowest BCUT2D eigenvalue weighted by Gasteiger charge is -2.32. The van der Waals surface area contributed by atoms with Crippen molar-refractivity contribution >= 4 is 29.5 Å². The second-order valence-electron chi connectivity index (χ2n) is 10.5. The summed E-state index contributed by atoms with van der Waals surface area (Å²) in [7, 11) is 1.56. The Hall–Kier alpha value is -3.52. The summed E-state index contributed by atoms with van der Waals surface area (Å²) in [6.07, 6.45) is 5.75. The van der Waals surface area contributed by atoms with Gasteiger partial charge in [0.05, 0.1) is 17.4 Å². The van der Waals surface area contributed by atoms with Crippen LogP contribution in [0.2, 0.25) is 0 Å². The molecule has 14 nitrogen and oxygen atoms in total. The van der Waals surface area contributed by atoms with Crippen molar-refractivity contribution in [2.24, 2.45) is 22.2 Å². The van der Waals surface area contributed by atoms with Crippen molar-refractivity contribution in [3.05, 3.63) is 23.5 Å². The van der Waals surface area contributed by atoms with Gasteiger partial charge in [-0.2, -0.15) is 7.05 Å². The largest absolute Gasteiger partial charge is 0.654 e. The molecule has 1 heterocycles. The van der Waals surface area contributed by atoms with Crippen molar-refractivity contribution in [3.63, 3.8) is 0 Å². The molecule has 0 radical (unpaired) electrons. The number of nitrogens with one attached hydrogen (secondary N) is 4. The zero-order chi connectivity index (χ0) is 29.6. The van der Waals surface area contributed by atoms with Gasteiger partial charge in [-0.05, 0) is 72.4 Å². The lowest BCUT2D eigenvalue weighted by molar-refractivity contribution is -0.131. The Morgan fingerprint density at radius 2 is 1.77 bits per heavy atom. The van der Waals surface area contributed by atoms with Gasteiger partial charge in [0, 0.05) is 24.9 Å². The van der Waals surface area contributed by atoms with Gasteiger partial charge in [-0.25, -0.2) is 4.98 Å². The van der Waals surface area contributed by atoms with Gasteiger partial charge in [-0.15, -0.1) is 0 Å². The number of rotatable bonds is 19. The maximum Gasteiger partial charge on any atom is 0.240 e. The fourth-order valence-corrected chi connectivity index (χ4v) is 3.70. The molecule has 0 aliphatic carbocycles. The first-order valence-electron chi connectivity index (χ1n) is 13.0. The van der Waals surface area contributed by atoms with E-state index in [1.807, 2.05) is 0 Å². The monoisotopic (exact) mass is 549 g/mol. The van der Waals surface area contributed by atoms with Crippen molar-refractivity contribution < 1.29 is 19.2 Å². The van der Waals surface area contributed by atoms with E-state index in [1.54, 1.807) is 40.9 Å². The first kappa shape index (κ1) is 33.5. The summed E-state index contributed by atoms with van der Waals surface area (Å²) < 4.78 is 0. The molecule has 220 valence electrons. The molecule has 0 unspecified atom stereocenters. The molecule has 0 aliphatic rings. The number of imidazole rings is 1. The molecule has 0 aliphatic heterocycles. The summed E-state index contributed by atoms with van der Waals surface area (Å²) >= 11 is 0. The number of Topliss-reactive ketones (excluding diaryl/α,β-unsaturated/α-hetero) is 1. The summed E-state index contributed by atoms with van der Waals surface area (Å²) in [6, 6.07) is -1.48. The molecule has 0 aromatic carbocycles. The number of nitrogens with zero attached hydrogens (tertiary/aromatic N) is 3. The maximum absolute atomic E-state index is 12.8. The van der Waals surface area contributed by atoms with Gasteiger partial charge in [0.25, 0.3) is 0 Å². The average Bonchev–Trinajstić information content (AvgIpc) is 3.36. The molecular formula is C25H45N10O4-. The van der Waals surface area contributed by atoms with E-state index in [9.17, 15) is 19.2 Å². The lowest BCUT2D eigenvalue weighted by Crippen LogP contribution is -2.57. The van der Waals surface area contributed by atoms with Crippen LogP contribution in [0.15, 0.2) is 17.5 Å². The molecule has 10 N–H and O–H groups in total. The van der Waals surface area contributed by atoms with E-state index in [0.717, 1.165) is 5.69 Å². The number of ketones is 1. The molecule has 3 amide bonds. The Labute approximate surface area is 230 Å². The van der Waals surface area contributed by atoms with Gasteiger partial charge < -0.3 is 43.5 Å². The smallest absolute Gasteiger partial charge is 0.240 e. The average molecular weight is 550 g/mol. The fourth-order valence-electron chi connectivity index (χ4n) is 3.70. The number of amides is 3. The molecule has 0 spiro atoms. The number of carbonyl (C=O) groups excluding carboxylic acids is 4. The van der Waals surface area contributed by atoms with Crippen LogP contribution in [0.4, 0.5) is 0 Å². The predicted molar refractivity (Wildman–Crippen MR) is 150 cm³/mol. The number of primary amides is 1. The van der Waals surface area contributed by atoms with E-state index in [-0.39, 0.29) is 30.0 Å². The number of aromatic nitrogens is 2. The number of H-pyrrole nitrogens is 1. The third-order valence-corrected chi connectivity index (χ3v) is 6.27. The van der Waals surface area contributed by atoms with E-state index in [0.29, 0.717) is 45.2 Å². The Morgan fingerprint density at radius 3 is 2.33 bits per heavy atom. The van der Waals surface area contributed by atoms with Crippen LogP contribution in [0, 0.1) is 0 Å². The molecular weight excluding hydrogens is 504 g/mol. The number of aliphatic imine (C=N–C) groups is 1. The minimum Gasteiger partial charge on any atom is -0.654 e. The second-order valence-corrected chi connectivity index (χ2v) is 10.5. The van der Waals surface area contributed by atoms with Gasteiger partial charge in [-0.1, -0.05) is 0 Å². The summed E-state index contributed by atoms with van der Waals surface area (Å²) in [5.74, 6) is -1.49. The Morgan fingerprint density at radius 1 is 1.08 bits per heavy atom. The number of guanidine groups is 1. The van der Waals surface area contributed by atoms with Crippen molar-refractivity contribution in [2.45, 2.75) is 89.4 Å². The van der Waals surface area contributed by atoms with Gasteiger partial charge in [0.15, 0.2) is 11.7 Å². The molecule has 0 bridgehead atoms. The van der Waals surface area contributed by atoms with Crippen LogP contribution in [0.1, 0.15) is 65.5 Å². The lowest BCUT2D eigenvalue weighted by atomic mass is 9.94. The zero-order valence-corrected chi connectivity index (χ0v) is 23.7. The minimum atomic E-state index is -1.05. The number of hydrogen-bond donors (Lipinski definition) is 7. The quantitative estimate of drug-likeness (QED) is 0.0663. The number of hydrogen-bond acceptors (Lipinski definition) is 7. The van der Waals surface area contributed by atoms with Crippen molar-refractivity contribution in [1.82, 2.24) is 25.9 Å². The first-order valence-corrected chi connectivity index (χ1v) is 13.0. The van der Waals surface area contributed by atoms with Gasteiger partial charge >= 0.3 is 0 Å². The van der Waals surface area contributed by atoms with E-state index in [1.165, 1.54) is 6.33 Å². The predicted octanol–water partition coefficient (Wildman–Crippen LogP) is -0.650. The molecule has 39 heavy (non-hydrogen) atoms. The first-order chi connectivity index (χ1) is 18.2. The standard InChI is InChI=1S/C25H45N10O4/c1-24(2,35-21(38)18(29-5)13-16-14-30-15-32-16)19(36)10-6-7-12-33-25(3,4)22(39)34-17(20(26)37)9-8-11-31-23(27)28/h14-15,17-18,33H,6-13H2,1-5H3,(H2,26,37)(H,30,32)(H,34,39)(H,35,38)(H4,27,28,31)/q-1/t17-,18-/m0/s1. The number of likely N-dealkylation sites (N-methyl/N-ethyl adjacent to an activating group) is 1. The number of aromatic amines is 1. The van der Waals surface area contributed by atoms with Gasteiger partial charge in [0.2, 0.25) is 17.7 Å². The Bertz CT molecular complexity index is 972. The van der Waals surface area contributed by atoms with Gasteiger partial charge in [0.1, 0.15) is 6.04 Å². The zero-order valence-electron chi connectivity index (χ0n) is 23.7. The number of nitrogens with two attached hydrogens (primary N) is 3. The van der Waals surface area contributed by atoms with Crippen LogP contribution in [0.3, 0.4) is 0 Å². The summed E-state index contributed by atoms with van der Waals surface area (Å²) in [5, 5.41) is 12.8. The van der Waals surface area contributed by atoms with E-state index < -0.39 is 29.1 Å². The topological polar surface area (TPSA) is 238 Å². The van der Waals surface area contributed by atoms with Gasteiger partial charge in [-0.3, -0.25) is 24.2 Å². The normalized spacial score (nSPS) is 13.3. The highest BCUT2D eigenvalue weighted by molar-refractivity contribution is 5.94. The Balaban J connectivity index is 2.46. The fraction of sp³-hybridized carbons (Fsp3) is 0.680. The maximum atomic E-state index is 12.8. The number of unbranched alkanes of at least 4 members (excludes halogenated alkanes) is 1. The van der Waals surface area contributed by atoms with E-state index in [2.05, 4.69) is 36.2 Å². The summed E-state index contributed by atoms with van der Waals surface area (Å²) in [6.45, 7) is 7.53. The number of carbonyl (C=O) groups is 4. The molecule has 2 atom stereocenters. The minimum absolute atomic E-state index is 0.0441. The second kappa shape index (κ2) is 15.8. The third kappa shape index (κ3) is 12.3. The SMILES string of the molecule is C[N-][C@@H](Cc1cnc[nH]1)C(=O)NC(C)(C)C(=O)CCCCNC(C)(C)C(=O)N[C@@H](CCCN=C(N)N)C(N)=O. The molecule has 14 heteroatoms.